The molecule has 1 aromatic heterocycles. The summed E-state index contributed by atoms with van der Waals surface area (Å²) in [6.45, 7) is 2.37. The fraction of sp³-hybridized carbons (Fsp3) is 0.500. The zero-order chi connectivity index (χ0) is 18.5. The molecule has 27 heavy (non-hydrogen) atoms. The van der Waals surface area contributed by atoms with Gasteiger partial charge in [0.25, 0.3) is 5.91 Å². The Morgan fingerprint density at radius 2 is 1.89 bits per heavy atom. The smallest absolute Gasteiger partial charge is 0.276 e. The summed E-state index contributed by atoms with van der Waals surface area (Å²) in [4.78, 5) is 14.8. The quantitative estimate of drug-likeness (QED) is 0.805. The number of allylic oxidation sites excluding steroid dienone is 1. The molecule has 1 unspecified atom stereocenters. The first kappa shape index (κ1) is 18.0. The second kappa shape index (κ2) is 8.51. The summed E-state index contributed by atoms with van der Waals surface area (Å²) in [5.74, 6) is 1.53. The van der Waals surface area contributed by atoms with Gasteiger partial charge in [0.2, 0.25) is 0 Å². The van der Waals surface area contributed by atoms with Crippen LogP contribution >= 0.6 is 0 Å². The van der Waals surface area contributed by atoms with Crippen LogP contribution in [-0.2, 0) is 6.54 Å². The number of likely N-dealkylation sites (tertiary alicyclic amines) is 1. The van der Waals surface area contributed by atoms with Crippen molar-refractivity contribution in [3.63, 3.8) is 0 Å². The van der Waals surface area contributed by atoms with Crippen LogP contribution in [0.4, 0.5) is 0 Å². The third-order valence-corrected chi connectivity index (χ3v) is 5.99. The monoisotopic (exact) mass is 364 g/mol. The van der Waals surface area contributed by atoms with E-state index < -0.39 is 0 Å². The predicted molar refractivity (Wildman–Crippen MR) is 106 cm³/mol. The van der Waals surface area contributed by atoms with Crippen LogP contribution in [-0.4, -0.2) is 38.9 Å². The summed E-state index contributed by atoms with van der Waals surface area (Å²) in [5, 5.41) is 8.23. The normalized spacial score (nSPS) is 21.2. The molecule has 1 atom stereocenters. The van der Waals surface area contributed by atoms with Crippen molar-refractivity contribution < 1.29 is 4.79 Å². The molecule has 1 aromatic carbocycles. The van der Waals surface area contributed by atoms with Gasteiger partial charge in [-0.25, -0.2) is 4.68 Å². The molecule has 2 aromatic rings. The van der Waals surface area contributed by atoms with E-state index in [0.29, 0.717) is 18.2 Å². The first-order valence-electron chi connectivity index (χ1n) is 10.2. The first-order chi connectivity index (χ1) is 13.3. The van der Waals surface area contributed by atoms with Crippen LogP contribution in [0.3, 0.4) is 0 Å². The fourth-order valence-corrected chi connectivity index (χ4v) is 4.47. The van der Waals surface area contributed by atoms with E-state index in [1.807, 2.05) is 29.2 Å². The summed E-state index contributed by atoms with van der Waals surface area (Å²) >= 11 is 0. The van der Waals surface area contributed by atoms with Crippen molar-refractivity contribution in [3.8, 4) is 0 Å². The van der Waals surface area contributed by atoms with Gasteiger partial charge < -0.3 is 4.90 Å². The number of benzene rings is 1. The topological polar surface area (TPSA) is 51.0 Å². The van der Waals surface area contributed by atoms with Gasteiger partial charge >= 0.3 is 0 Å². The average molecular weight is 364 g/mol. The zero-order valence-electron chi connectivity index (χ0n) is 15.8. The SMILES string of the molecule is O=C(c1cn(CC=Cc2ccccc2)nn1)N1CCC(C2CCCCC2)C1. The Balaban J connectivity index is 1.31. The van der Waals surface area contributed by atoms with Gasteiger partial charge in [0.15, 0.2) is 5.69 Å². The van der Waals surface area contributed by atoms with Gasteiger partial charge in [-0.2, -0.15) is 0 Å². The van der Waals surface area contributed by atoms with Crippen molar-refractivity contribution in [1.29, 1.82) is 0 Å². The molecule has 5 heteroatoms. The maximum absolute atomic E-state index is 12.8. The minimum atomic E-state index is 0.0339. The predicted octanol–water partition coefficient (Wildman–Crippen LogP) is 4.03. The number of amides is 1. The summed E-state index contributed by atoms with van der Waals surface area (Å²) in [6.07, 6.45) is 13.8. The molecule has 1 saturated heterocycles. The highest BCUT2D eigenvalue weighted by Crippen LogP contribution is 2.35. The highest BCUT2D eigenvalue weighted by molar-refractivity contribution is 5.92. The molecular formula is C22H28N4O. The lowest BCUT2D eigenvalue weighted by Gasteiger charge is -2.27. The van der Waals surface area contributed by atoms with Crippen LogP contribution in [0.25, 0.3) is 6.08 Å². The van der Waals surface area contributed by atoms with Gasteiger partial charge in [0.05, 0.1) is 12.7 Å². The number of hydrogen-bond donors (Lipinski definition) is 0. The lowest BCUT2D eigenvalue weighted by atomic mass is 9.80. The molecule has 2 heterocycles. The van der Waals surface area contributed by atoms with Crippen molar-refractivity contribution in [2.75, 3.05) is 13.1 Å². The maximum Gasteiger partial charge on any atom is 0.276 e. The first-order valence-corrected chi connectivity index (χ1v) is 10.2. The number of carbonyl (C=O) groups is 1. The second-order valence-corrected chi connectivity index (χ2v) is 7.84. The molecule has 0 spiro atoms. The van der Waals surface area contributed by atoms with Crippen LogP contribution in [0.1, 0.15) is 54.6 Å². The Bertz CT molecular complexity index is 777. The number of carbonyl (C=O) groups excluding carboxylic acids is 1. The van der Waals surface area contributed by atoms with Gasteiger partial charge in [0.1, 0.15) is 0 Å². The molecule has 0 bridgehead atoms. The Hall–Kier alpha value is -2.43. The van der Waals surface area contributed by atoms with Gasteiger partial charge in [-0.15, -0.1) is 5.10 Å². The van der Waals surface area contributed by atoms with Gasteiger partial charge in [-0.05, 0) is 23.8 Å². The molecule has 0 N–H and O–H groups in total. The summed E-state index contributed by atoms with van der Waals surface area (Å²) in [6, 6.07) is 10.2. The molecule has 2 aliphatic rings. The summed E-state index contributed by atoms with van der Waals surface area (Å²) < 4.78 is 1.72. The van der Waals surface area contributed by atoms with Crippen molar-refractivity contribution >= 4 is 12.0 Å². The average Bonchev–Trinajstić information content (AvgIpc) is 3.39. The Kier molecular flexibility index (Phi) is 5.66. The van der Waals surface area contributed by atoms with E-state index in [1.165, 1.54) is 32.1 Å². The highest BCUT2D eigenvalue weighted by atomic mass is 16.2. The van der Waals surface area contributed by atoms with E-state index in [0.717, 1.165) is 31.0 Å². The Morgan fingerprint density at radius 3 is 2.70 bits per heavy atom. The van der Waals surface area contributed by atoms with Crippen LogP contribution in [0.2, 0.25) is 0 Å². The second-order valence-electron chi connectivity index (χ2n) is 7.84. The molecule has 2 fully saturated rings. The Morgan fingerprint density at radius 1 is 1.07 bits per heavy atom. The van der Waals surface area contributed by atoms with Crippen molar-refractivity contribution in [2.45, 2.75) is 45.1 Å². The van der Waals surface area contributed by atoms with Gasteiger partial charge in [0, 0.05) is 13.1 Å². The van der Waals surface area contributed by atoms with E-state index >= 15 is 0 Å². The van der Waals surface area contributed by atoms with Crippen LogP contribution in [0.15, 0.2) is 42.6 Å². The highest BCUT2D eigenvalue weighted by Gasteiger charge is 2.33. The molecule has 1 amide bonds. The number of aromatic nitrogens is 3. The Labute approximate surface area is 161 Å². The maximum atomic E-state index is 12.8. The van der Waals surface area contributed by atoms with E-state index in [2.05, 4.69) is 28.5 Å². The fourth-order valence-electron chi connectivity index (χ4n) is 4.47. The molecule has 5 nitrogen and oxygen atoms in total. The molecule has 1 aliphatic carbocycles. The van der Waals surface area contributed by atoms with E-state index in [9.17, 15) is 4.79 Å². The summed E-state index contributed by atoms with van der Waals surface area (Å²) in [7, 11) is 0. The largest absolute Gasteiger partial charge is 0.337 e. The molecule has 1 saturated carbocycles. The standard InChI is InChI=1S/C22H28N4O/c27-22(25-15-13-20(16-25)19-11-5-2-6-12-19)21-17-26(24-23-21)14-7-10-18-8-3-1-4-9-18/h1,3-4,7-10,17,19-20H,2,5-6,11-16H2. The lowest BCUT2D eigenvalue weighted by molar-refractivity contribution is 0.0773. The van der Waals surface area contributed by atoms with Crippen LogP contribution in [0, 0.1) is 11.8 Å². The van der Waals surface area contributed by atoms with Crippen LogP contribution < -0.4 is 0 Å². The van der Waals surface area contributed by atoms with Gasteiger partial charge in [-0.3, -0.25) is 4.79 Å². The third-order valence-electron chi connectivity index (χ3n) is 5.99. The summed E-state index contributed by atoms with van der Waals surface area (Å²) in [5.41, 5.74) is 1.62. The van der Waals surface area contributed by atoms with Crippen molar-refractivity contribution in [1.82, 2.24) is 19.9 Å². The molecule has 4 rings (SSSR count). The van der Waals surface area contributed by atoms with Gasteiger partial charge in [-0.1, -0.05) is 79.8 Å². The number of nitrogens with zero attached hydrogens (tertiary/aromatic N) is 4. The number of hydrogen-bond acceptors (Lipinski definition) is 3. The zero-order valence-corrected chi connectivity index (χ0v) is 15.8. The molecule has 1 aliphatic heterocycles. The molecule has 142 valence electrons. The van der Waals surface area contributed by atoms with Crippen molar-refractivity contribution in [3.05, 3.63) is 53.9 Å². The van der Waals surface area contributed by atoms with E-state index in [-0.39, 0.29) is 5.91 Å². The molecule has 0 radical (unpaired) electrons. The number of rotatable bonds is 5. The van der Waals surface area contributed by atoms with Crippen LogP contribution in [0.5, 0.6) is 0 Å². The van der Waals surface area contributed by atoms with E-state index in [4.69, 9.17) is 0 Å². The third kappa shape index (κ3) is 4.46. The van der Waals surface area contributed by atoms with Crippen molar-refractivity contribution in [2.24, 2.45) is 11.8 Å². The lowest BCUT2D eigenvalue weighted by Crippen LogP contribution is -2.30. The minimum absolute atomic E-state index is 0.0339. The minimum Gasteiger partial charge on any atom is -0.337 e. The van der Waals surface area contributed by atoms with E-state index in [1.54, 1.807) is 10.9 Å². The molecular weight excluding hydrogens is 336 g/mol.